The molecule has 1 aromatic heterocycles. The van der Waals surface area contributed by atoms with Crippen molar-refractivity contribution in [3.63, 3.8) is 0 Å². The lowest BCUT2D eigenvalue weighted by Gasteiger charge is -2.17. The Kier molecular flexibility index (Phi) is 14.7. The van der Waals surface area contributed by atoms with Crippen molar-refractivity contribution in [2.24, 2.45) is 0 Å². The molecule has 0 unspecified atom stereocenters. The van der Waals surface area contributed by atoms with Crippen molar-refractivity contribution in [2.75, 3.05) is 19.7 Å². The van der Waals surface area contributed by atoms with Crippen LogP contribution in [0.25, 0.3) is 16.7 Å². The molecule has 0 amide bonds. The lowest BCUT2D eigenvalue weighted by atomic mass is 10.0. The van der Waals surface area contributed by atoms with Gasteiger partial charge in [0.15, 0.2) is 0 Å². The first-order valence-corrected chi connectivity index (χ1v) is 16.6. The van der Waals surface area contributed by atoms with Crippen LogP contribution in [0.5, 0.6) is 0 Å². The third-order valence-electron chi connectivity index (χ3n) is 6.84. The van der Waals surface area contributed by atoms with Gasteiger partial charge in [-0.3, -0.25) is 20.3 Å². The second-order valence-electron chi connectivity index (χ2n) is 10.0. The van der Waals surface area contributed by atoms with Gasteiger partial charge in [-0.15, -0.1) is 0 Å². The predicted octanol–water partition coefficient (Wildman–Crippen LogP) is 9.26. The number of carbonyl (C=O) groups excluding carboxylic acids is 1. The fraction of sp³-hybridized carbons (Fsp3) is 0.400. The van der Waals surface area contributed by atoms with Gasteiger partial charge < -0.3 is 4.74 Å². The largest absolute Gasteiger partial charge is 0.462 e. The van der Waals surface area contributed by atoms with E-state index in [1.807, 2.05) is 17.7 Å². The summed E-state index contributed by atoms with van der Waals surface area (Å²) < 4.78 is 8.22. The molecule has 7 nitrogen and oxygen atoms in total. The highest BCUT2D eigenvalue weighted by Crippen LogP contribution is 2.36. The van der Waals surface area contributed by atoms with E-state index in [-0.39, 0.29) is 27.3 Å². The summed E-state index contributed by atoms with van der Waals surface area (Å²) in [5.41, 5.74) is 9.17. The zero-order valence-corrected chi connectivity index (χ0v) is 29.7. The Morgan fingerprint density at radius 3 is 1.84 bits per heavy atom. The van der Waals surface area contributed by atoms with Crippen molar-refractivity contribution < 1.29 is 9.53 Å². The van der Waals surface area contributed by atoms with Crippen molar-refractivity contribution in [3.8, 4) is 11.1 Å². The molecule has 0 spiro atoms. The van der Waals surface area contributed by atoms with Crippen LogP contribution in [-0.4, -0.2) is 35.0 Å². The monoisotopic (exact) mass is 742 g/mol. The minimum absolute atomic E-state index is 0.0324. The van der Waals surface area contributed by atoms with Gasteiger partial charge in [0.1, 0.15) is 9.64 Å². The van der Waals surface area contributed by atoms with Crippen molar-refractivity contribution >= 4 is 92.7 Å². The summed E-state index contributed by atoms with van der Waals surface area (Å²) in [7, 11) is 0. The second kappa shape index (κ2) is 17.5. The van der Waals surface area contributed by atoms with Gasteiger partial charge in [0.05, 0.1) is 27.8 Å². The molecule has 0 atom stereocenters. The number of halogens is 7. The Labute approximate surface area is 292 Å². The molecule has 2 aliphatic heterocycles. The molecule has 5 rings (SSSR count). The highest BCUT2D eigenvalue weighted by atomic mass is 35.5. The Hall–Kier alpha value is -1.39. The third kappa shape index (κ3) is 9.34. The zero-order valence-electron chi connectivity index (χ0n) is 24.4. The summed E-state index contributed by atoms with van der Waals surface area (Å²) in [6, 6.07) is 6.65. The van der Waals surface area contributed by atoms with Crippen LogP contribution in [0.2, 0.25) is 25.2 Å². The molecule has 2 N–H and O–H groups in total. The van der Waals surface area contributed by atoms with E-state index in [4.69, 9.17) is 85.9 Å². The number of aromatic nitrogens is 2. The van der Waals surface area contributed by atoms with Crippen molar-refractivity contribution in [1.82, 2.24) is 20.2 Å². The van der Waals surface area contributed by atoms with Crippen LogP contribution in [0, 0.1) is 13.8 Å². The smallest absolute Gasteiger partial charge is 0.341 e. The van der Waals surface area contributed by atoms with E-state index in [1.165, 1.54) is 18.9 Å². The van der Waals surface area contributed by atoms with Gasteiger partial charge >= 0.3 is 5.97 Å². The topological polar surface area (TPSA) is 77.3 Å². The molecule has 0 radical (unpaired) electrons. The Morgan fingerprint density at radius 2 is 1.34 bits per heavy atom. The van der Waals surface area contributed by atoms with Crippen LogP contribution in [0.4, 0.5) is 0 Å². The summed E-state index contributed by atoms with van der Waals surface area (Å²) in [4.78, 5) is 24.3. The fourth-order valence-electron chi connectivity index (χ4n) is 4.55. The normalized spacial score (nSPS) is 14.0. The molecule has 44 heavy (non-hydrogen) atoms. The van der Waals surface area contributed by atoms with E-state index in [0.29, 0.717) is 43.5 Å². The molecule has 2 aromatic carbocycles. The Bertz CT molecular complexity index is 1560. The number of esters is 1. The number of aryl methyl sites for hydroxylation is 2. The molecule has 240 valence electrons. The second-order valence-corrected chi connectivity index (χ2v) is 12.9. The third-order valence-corrected chi connectivity index (χ3v) is 9.05. The standard InChI is InChI=1S/C14H13Cl3N2O.C12H10Cl4O2.C4H10N2/c1-8-6-9(11(16)7-10(8)15)12-13(17)18-4-2-3-5-19(18)14(12)20;1-3-18-12(17)10(11(15)16)7-4-6(2)8(13)5-9(7)14;1-2-4-6-5-3-1/h6-7H,2-5H2,1H3;4-5H,3H2,1-2H3;5-6H,1-4H2. The van der Waals surface area contributed by atoms with E-state index >= 15 is 0 Å². The number of rotatable bonds is 4. The Morgan fingerprint density at radius 1 is 0.795 bits per heavy atom. The SMILES string of the molecule is C1CCNNC1.CCOC(=O)C(=C(Cl)Cl)c1cc(C)c(Cl)cc1Cl.Cc1cc(-c2c(Cl)n3n(c2=O)CCCC3)c(Cl)cc1Cl. The van der Waals surface area contributed by atoms with Crippen LogP contribution in [0.15, 0.2) is 33.6 Å². The molecular weight excluding hydrogens is 713 g/mol. The first-order chi connectivity index (χ1) is 20.9. The van der Waals surface area contributed by atoms with Gasteiger partial charge in [-0.2, -0.15) is 0 Å². The average molecular weight is 746 g/mol. The Balaban J connectivity index is 0.000000203. The number of benzene rings is 2. The van der Waals surface area contributed by atoms with E-state index in [9.17, 15) is 9.59 Å². The van der Waals surface area contributed by atoms with E-state index in [0.717, 1.165) is 43.6 Å². The molecule has 1 fully saturated rings. The van der Waals surface area contributed by atoms with Gasteiger partial charge in [-0.05, 0) is 81.8 Å². The fourth-order valence-corrected chi connectivity index (χ4v) is 6.22. The molecule has 14 heteroatoms. The number of fused-ring (bicyclic) bond motifs is 1. The van der Waals surface area contributed by atoms with Crippen molar-refractivity contribution in [1.29, 1.82) is 0 Å². The van der Waals surface area contributed by atoms with Crippen molar-refractivity contribution in [3.05, 3.63) is 81.0 Å². The number of nitrogens with one attached hydrogen (secondary N) is 2. The van der Waals surface area contributed by atoms with Crippen LogP contribution in [-0.2, 0) is 22.6 Å². The molecule has 3 heterocycles. The number of nitrogens with zero attached hydrogens (tertiary/aromatic N) is 2. The van der Waals surface area contributed by atoms with Crippen LogP contribution in [0.1, 0.15) is 49.3 Å². The lowest BCUT2D eigenvalue weighted by Crippen LogP contribution is -2.37. The van der Waals surface area contributed by atoms with E-state index in [2.05, 4.69) is 10.9 Å². The summed E-state index contributed by atoms with van der Waals surface area (Å²) in [6.45, 7) is 9.30. The van der Waals surface area contributed by atoms with Crippen molar-refractivity contribution in [2.45, 2.75) is 59.5 Å². The van der Waals surface area contributed by atoms with Crippen LogP contribution in [0.3, 0.4) is 0 Å². The lowest BCUT2D eigenvalue weighted by molar-refractivity contribution is -0.136. The number of hydrogen-bond acceptors (Lipinski definition) is 5. The molecule has 0 bridgehead atoms. The van der Waals surface area contributed by atoms with Gasteiger partial charge in [0, 0.05) is 47.4 Å². The predicted molar refractivity (Wildman–Crippen MR) is 185 cm³/mol. The summed E-state index contributed by atoms with van der Waals surface area (Å²) in [5.74, 6) is -0.624. The quantitative estimate of drug-likeness (QED) is 0.206. The average Bonchev–Trinajstić information content (AvgIpc) is 3.24. The minimum atomic E-state index is -0.624. The summed E-state index contributed by atoms with van der Waals surface area (Å²) >= 11 is 42.1. The molecule has 1 saturated heterocycles. The number of hydrogen-bond donors (Lipinski definition) is 2. The van der Waals surface area contributed by atoms with Gasteiger partial charge in [-0.25, -0.2) is 9.48 Å². The summed E-state index contributed by atoms with van der Waals surface area (Å²) in [5, 5.41) is 2.27. The first-order valence-electron chi connectivity index (χ1n) is 14.0. The number of ether oxygens (including phenoxy) is 1. The molecule has 2 aliphatic rings. The van der Waals surface area contributed by atoms with Gasteiger partial charge in [0.25, 0.3) is 5.56 Å². The summed E-state index contributed by atoms with van der Waals surface area (Å²) in [6.07, 6.45) is 4.67. The zero-order chi connectivity index (χ0) is 32.6. The van der Waals surface area contributed by atoms with Gasteiger partial charge in [-0.1, -0.05) is 81.2 Å². The highest BCUT2D eigenvalue weighted by molar-refractivity contribution is 6.61. The first kappa shape index (κ1) is 37.1. The maximum Gasteiger partial charge on any atom is 0.341 e. The van der Waals surface area contributed by atoms with Crippen LogP contribution < -0.4 is 16.4 Å². The van der Waals surface area contributed by atoms with E-state index < -0.39 is 5.97 Å². The molecule has 0 saturated carbocycles. The minimum Gasteiger partial charge on any atom is -0.462 e. The number of carbonyl (C=O) groups is 1. The maximum atomic E-state index is 12.5. The number of hydrazine groups is 1. The molecule has 3 aromatic rings. The van der Waals surface area contributed by atoms with Gasteiger partial charge in [0.2, 0.25) is 0 Å². The van der Waals surface area contributed by atoms with E-state index in [1.54, 1.807) is 30.7 Å². The van der Waals surface area contributed by atoms with Crippen LogP contribution >= 0.6 is 81.2 Å². The molecule has 0 aliphatic carbocycles. The molecular formula is C30H33Cl7N4O3. The maximum absolute atomic E-state index is 12.5. The highest BCUT2D eigenvalue weighted by Gasteiger charge is 2.24.